The molecule has 0 bridgehead atoms. The maximum absolute atomic E-state index is 12.3. The Labute approximate surface area is 139 Å². The van der Waals surface area contributed by atoms with Crippen LogP contribution in [0, 0.1) is 6.92 Å². The summed E-state index contributed by atoms with van der Waals surface area (Å²) in [5.41, 5.74) is 8.67. The molecule has 0 saturated heterocycles. The Balaban J connectivity index is 1.91. The molecule has 0 unspecified atom stereocenters. The second kappa shape index (κ2) is 6.64. The lowest BCUT2D eigenvalue weighted by Crippen LogP contribution is -2.39. The predicted molar refractivity (Wildman–Crippen MR) is 95.4 cm³/mol. The van der Waals surface area contributed by atoms with Gasteiger partial charge in [-0.2, -0.15) is 0 Å². The Morgan fingerprint density at radius 3 is 3.22 bits per heavy atom. The van der Waals surface area contributed by atoms with E-state index in [0.29, 0.717) is 6.54 Å². The number of amides is 1. The number of anilines is 1. The molecule has 0 fully saturated rings. The number of aromatic nitrogens is 2. The Morgan fingerprint density at radius 1 is 1.61 bits per heavy atom. The van der Waals surface area contributed by atoms with E-state index in [1.807, 2.05) is 25.4 Å². The number of nitrogens with one attached hydrogen (secondary N) is 2. The van der Waals surface area contributed by atoms with Gasteiger partial charge in [-0.15, -0.1) is 11.8 Å². The fourth-order valence-corrected chi connectivity index (χ4v) is 3.50. The number of thioether (sulfide) groups is 1. The van der Waals surface area contributed by atoms with Gasteiger partial charge in [0.15, 0.2) is 0 Å². The van der Waals surface area contributed by atoms with Gasteiger partial charge in [-0.1, -0.05) is 0 Å². The highest BCUT2D eigenvalue weighted by atomic mass is 32.2. The summed E-state index contributed by atoms with van der Waals surface area (Å²) < 4.78 is 0. The van der Waals surface area contributed by atoms with Crippen LogP contribution in [-0.4, -0.2) is 40.8 Å². The van der Waals surface area contributed by atoms with Crippen molar-refractivity contribution >= 4 is 34.4 Å². The Bertz CT molecular complexity index is 754. The molecule has 0 aliphatic carbocycles. The zero-order valence-corrected chi connectivity index (χ0v) is 14.1. The number of carbonyl (C=O) groups excluding carboxylic acids is 1. The van der Waals surface area contributed by atoms with Gasteiger partial charge in [-0.05, 0) is 25.5 Å². The molecule has 0 saturated carbocycles. The van der Waals surface area contributed by atoms with Crippen LogP contribution in [0.25, 0.3) is 11.0 Å². The van der Waals surface area contributed by atoms with Crippen LogP contribution in [0.3, 0.4) is 0 Å². The second-order valence-electron chi connectivity index (χ2n) is 5.67. The summed E-state index contributed by atoms with van der Waals surface area (Å²) in [6, 6.07) is 1.96. The number of rotatable bonds is 4. The van der Waals surface area contributed by atoms with Crippen molar-refractivity contribution in [3.63, 3.8) is 0 Å². The number of hydrogen-bond donors (Lipinski definition) is 3. The molecule has 2 aromatic rings. The lowest BCUT2D eigenvalue weighted by Gasteiger charge is -2.27. The minimum atomic E-state index is -0.0614. The third kappa shape index (κ3) is 3.20. The molecule has 3 rings (SSSR count). The van der Waals surface area contributed by atoms with E-state index in [1.165, 1.54) is 0 Å². The van der Waals surface area contributed by atoms with Gasteiger partial charge in [0.25, 0.3) is 5.91 Å². The number of H-pyrrole nitrogens is 1. The summed E-state index contributed by atoms with van der Waals surface area (Å²) in [5.74, 6) is 0.803. The summed E-state index contributed by atoms with van der Waals surface area (Å²) in [6.45, 7) is 5.25. The first-order valence-corrected chi connectivity index (χ1v) is 8.63. The molecule has 0 spiro atoms. The van der Waals surface area contributed by atoms with Crippen molar-refractivity contribution in [1.82, 2.24) is 15.3 Å². The van der Waals surface area contributed by atoms with Crippen LogP contribution in [-0.2, 0) is 4.79 Å². The monoisotopic (exact) mass is 331 g/mol. The van der Waals surface area contributed by atoms with Crippen molar-refractivity contribution in [2.45, 2.75) is 19.9 Å². The van der Waals surface area contributed by atoms with E-state index in [-0.39, 0.29) is 11.9 Å². The maximum atomic E-state index is 12.3. The zero-order valence-electron chi connectivity index (χ0n) is 13.3. The number of nitrogens with two attached hydrogens (primary N) is 1. The number of carbonyl (C=O) groups is 1. The first-order valence-electron chi connectivity index (χ1n) is 7.65. The van der Waals surface area contributed by atoms with Crippen molar-refractivity contribution in [2.75, 3.05) is 23.7 Å². The molecule has 1 amide bonds. The molecule has 3 heterocycles. The molecule has 4 N–H and O–H groups in total. The van der Waals surface area contributed by atoms with E-state index in [0.717, 1.165) is 39.5 Å². The summed E-state index contributed by atoms with van der Waals surface area (Å²) in [4.78, 5) is 22.7. The molecule has 1 aliphatic heterocycles. The summed E-state index contributed by atoms with van der Waals surface area (Å²) >= 11 is 1.58. The zero-order chi connectivity index (χ0) is 16.4. The van der Waals surface area contributed by atoms with Gasteiger partial charge in [0, 0.05) is 48.9 Å². The van der Waals surface area contributed by atoms with Crippen LogP contribution in [0.1, 0.15) is 12.5 Å². The highest BCUT2D eigenvalue weighted by molar-refractivity contribution is 8.04. The summed E-state index contributed by atoms with van der Waals surface area (Å²) in [7, 11) is 0. The molecular weight excluding hydrogens is 310 g/mol. The molecule has 1 atom stereocenters. The minimum Gasteiger partial charge on any atom is -0.348 e. The van der Waals surface area contributed by atoms with Crippen LogP contribution in [0.5, 0.6) is 0 Å². The first-order chi connectivity index (χ1) is 11.1. The van der Waals surface area contributed by atoms with Crippen LogP contribution < -0.4 is 16.0 Å². The number of nitrogens with zero attached hydrogens (tertiary/aromatic N) is 2. The summed E-state index contributed by atoms with van der Waals surface area (Å²) in [5, 5.41) is 4.02. The number of hydrogen-bond acceptors (Lipinski definition) is 5. The predicted octanol–water partition coefficient (Wildman–Crippen LogP) is 1.73. The van der Waals surface area contributed by atoms with Gasteiger partial charge in [0.1, 0.15) is 5.65 Å². The number of pyridine rings is 1. The number of fused-ring (bicyclic) bond motifs is 1. The van der Waals surface area contributed by atoms with Gasteiger partial charge in [0.05, 0.1) is 10.6 Å². The van der Waals surface area contributed by atoms with E-state index >= 15 is 0 Å². The molecule has 122 valence electrons. The first kappa shape index (κ1) is 15.9. The van der Waals surface area contributed by atoms with Crippen molar-refractivity contribution in [3.8, 4) is 0 Å². The topological polar surface area (TPSA) is 87.0 Å². The van der Waals surface area contributed by atoms with Crippen LogP contribution in [0.15, 0.2) is 29.6 Å². The highest BCUT2D eigenvalue weighted by Gasteiger charge is 2.21. The van der Waals surface area contributed by atoms with Gasteiger partial charge >= 0.3 is 0 Å². The normalized spacial score (nSPS) is 16.3. The highest BCUT2D eigenvalue weighted by Crippen LogP contribution is 2.32. The summed E-state index contributed by atoms with van der Waals surface area (Å²) in [6.07, 6.45) is 5.67. The van der Waals surface area contributed by atoms with E-state index in [9.17, 15) is 4.79 Å². The van der Waals surface area contributed by atoms with Crippen molar-refractivity contribution in [1.29, 1.82) is 0 Å². The lowest BCUT2D eigenvalue weighted by atomic mass is 10.2. The average molecular weight is 331 g/mol. The largest absolute Gasteiger partial charge is 0.348 e. The van der Waals surface area contributed by atoms with E-state index in [4.69, 9.17) is 5.73 Å². The molecule has 7 heteroatoms. The molecule has 6 nitrogen and oxygen atoms in total. The van der Waals surface area contributed by atoms with E-state index in [1.54, 1.807) is 18.0 Å². The number of aryl methyl sites for hydroxylation is 1. The van der Waals surface area contributed by atoms with Gasteiger partial charge < -0.3 is 20.9 Å². The maximum Gasteiger partial charge on any atom is 0.259 e. The van der Waals surface area contributed by atoms with Crippen molar-refractivity contribution < 1.29 is 4.79 Å². The third-order valence-corrected chi connectivity index (χ3v) is 4.86. The third-order valence-electron chi connectivity index (χ3n) is 3.88. The molecule has 0 radical (unpaired) electrons. The fourth-order valence-electron chi connectivity index (χ4n) is 2.60. The van der Waals surface area contributed by atoms with Crippen LogP contribution in [0.4, 0.5) is 5.69 Å². The Kier molecular flexibility index (Phi) is 4.58. The fraction of sp³-hybridized carbons (Fsp3) is 0.375. The standard InChI is InChI=1S/C16H21N5OS/c1-10-8-19-15-14(10)12(3-4-18-15)21-5-6-23-13(9-21)16(22)20-11(2)7-17/h3-4,8-9,11H,5-7,17H2,1-2H3,(H,18,19)(H,20,22)/t11-/m1/s1. The lowest BCUT2D eigenvalue weighted by molar-refractivity contribution is -0.117. The Hall–Kier alpha value is -1.99. The quantitative estimate of drug-likeness (QED) is 0.794. The molecular formula is C16H21N5OS. The molecule has 1 aliphatic rings. The van der Waals surface area contributed by atoms with Crippen LogP contribution >= 0.6 is 11.8 Å². The smallest absolute Gasteiger partial charge is 0.259 e. The molecule has 2 aromatic heterocycles. The van der Waals surface area contributed by atoms with Gasteiger partial charge in [-0.25, -0.2) is 4.98 Å². The average Bonchev–Trinajstić information content (AvgIpc) is 2.96. The molecule has 0 aromatic carbocycles. The van der Waals surface area contributed by atoms with Crippen LogP contribution in [0.2, 0.25) is 0 Å². The van der Waals surface area contributed by atoms with Crippen molar-refractivity contribution in [3.05, 3.63) is 35.1 Å². The Morgan fingerprint density at radius 2 is 2.43 bits per heavy atom. The van der Waals surface area contributed by atoms with Crippen molar-refractivity contribution in [2.24, 2.45) is 5.73 Å². The van der Waals surface area contributed by atoms with E-state index < -0.39 is 0 Å². The second-order valence-corrected chi connectivity index (χ2v) is 6.81. The van der Waals surface area contributed by atoms with E-state index in [2.05, 4.69) is 27.1 Å². The van der Waals surface area contributed by atoms with Gasteiger partial charge in [-0.3, -0.25) is 4.79 Å². The number of aromatic amines is 1. The molecule has 23 heavy (non-hydrogen) atoms. The minimum absolute atomic E-state index is 0.0288. The SMILES string of the molecule is Cc1c[nH]c2nccc(N3C=C(C(=O)N[C@H](C)CN)SCC3)c12. The van der Waals surface area contributed by atoms with Gasteiger partial charge in [0.2, 0.25) is 0 Å².